The van der Waals surface area contributed by atoms with Crippen LogP contribution in [0.15, 0.2) is 18.2 Å². The van der Waals surface area contributed by atoms with Gasteiger partial charge in [0.15, 0.2) is 5.65 Å². The summed E-state index contributed by atoms with van der Waals surface area (Å²) in [6, 6.07) is 8.77. The lowest BCUT2D eigenvalue weighted by Gasteiger charge is -1.91. The van der Waals surface area contributed by atoms with Crippen molar-refractivity contribution in [3.63, 3.8) is 0 Å². The van der Waals surface area contributed by atoms with Gasteiger partial charge in [0.2, 0.25) is 0 Å². The standard InChI is InChI=1S/C8H3N5/c9-4-6-2-1-3-8-11-7(5-10)12-13(6)8/h1-3H. The molecule has 0 aliphatic carbocycles. The molecule has 5 heteroatoms. The van der Waals surface area contributed by atoms with Gasteiger partial charge in [-0.2, -0.15) is 15.5 Å². The van der Waals surface area contributed by atoms with Gasteiger partial charge in [0, 0.05) is 0 Å². The van der Waals surface area contributed by atoms with Crippen LogP contribution in [0.2, 0.25) is 0 Å². The van der Waals surface area contributed by atoms with E-state index in [1.807, 2.05) is 12.1 Å². The lowest BCUT2D eigenvalue weighted by Crippen LogP contribution is -1.93. The number of nitrogens with zero attached hydrogens (tertiary/aromatic N) is 5. The number of hydrogen-bond acceptors (Lipinski definition) is 4. The molecule has 0 aromatic carbocycles. The molecule has 2 rings (SSSR count). The molecule has 2 aromatic heterocycles. The minimum absolute atomic E-state index is 0.0719. The number of rotatable bonds is 0. The van der Waals surface area contributed by atoms with Crippen LogP contribution in [0.3, 0.4) is 0 Å². The molecule has 60 valence electrons. The van der Waals surface area contributed by atoms with Crippen molar-refractivity contribution in [2.24, 2.45) is 0 Å². The fourth-order valence-electron chi connectivity index (χ4n) is 1.04. The van der Waals surface area contributed by atoms with Crippen LogP contribution in [0.1, 0.15) is 11.5 Å². The van der Waals surface area contributed by atoms with Gasteiger partial charge in [-0.3, -0.25) is 0 Å². The van der Waals surface area contributed by atoms with E-state index in [9.17, 15) is 0 Å². The zero-order chi connectivity index (χ0) is 9.26. The van der Waals surface area contributed by atoms with Crippen molar-refractivity contribution in [1.29, 1.82) is 10.5 Å². The summed E-state index contributed by atoms with van der Waals surface area (Å²) in [4.78, 5) is 3.88. The Kier molecular flexibility index (Phi) is 1.44. The molecule has 0 saturated heterocycles. The third kappa shape index (κ3) is 0.996. The Morgan fingerprint density at radius 2 is 2.08 bits per heavy atom. The molecule has 13 heavy (non-hydrogen) atoms. The number of fused-ring (bicyclic) bond motifs is 1. The summed E-state index contributed by atoms with van der Waals surface area (Å²) in [6.07, 6.45) is 0. The van der Waals surface area contributed by atoms with Crippen molar-refractivity contribution < 1.29 is 0 Å². The maximum absolute atomic E-state index is 8.70. The monoisotopic (exact) mass is 169 g/mol. The molecule has 0 N–H and O–H groups in total. The highest BCUT2D eigenvalue weighted by Crippen LogP contribution is 2.03. The zero-order valence-corrected chi connectivity index (χ0v) is 6.47. The first-order chi connectivity index (χ1) is 6.35. The van der Waals surface area contributed by atoms with Crippen molar-refractivity contribution in [2.45, 2.75) is 0 Å². The van der Waals surface area contributed by atoms with Crippen molar-refractivity contribution in [1.82, 2.24) is 14.6 Å². The van der Waals surface area contributed by atoms with Gasteiger partial charge >= 0.3 is 0 Å². The Labute approximate surface area is 73.5 Å². The minimum Gasteiger partial charge on any atom is -0.202 e. The van der Waals surface area contributed by atoms with Crippen molar-refractivity contribution in [3.8, 4) is 12.1 Å². The molecule has 2 aromatic rings. The van der Waals surface area contributed by atoms with Crippen molar-refractivity contribution >= 4 is 5.65 Å². The van der Waals surface area contributed by atoms with E-state index in [0.29, 0.717) is 11.3 Å². The molecule has 0 spiro atoms. The summed E-state index contributed by atoms with van der Waals surface area (Å²) in [6.45, 7) is 0. The first-order valence-electron chi connectivity index (χ1n) is 3.51. The highest BCUT2D eigenvalue weighted by Gasteiger charge is 2.04. The van der Waals surface area contributed by atoms with Gasteiger partial charge in [0.25, 0.3) is 5.82 Å². The molecule has 0 unspecified atom stereocenters. The predicted octanol–water partition coefficient (Wildman–Crippen LogP) is 0.473. The molecule has 0 bridgehead atoms. The van der Waals surface area contributed by atoms with Crippen LogP contribution >= 0.6 is 0 Å². The molecule has 0 saturated carbocycles. The van der Waals surface area contributed by atoms with E-state index in [2.05, 4.69) is 10.1 Å². The summed E-state index contributed by atoms with van der Waals surface area (Å²) in [5.74, 6) is 0.0719. The van der Waals surface area contributed by atoms with E-state index in [1.54, 1.807) is 18.2 Å². The summed E-state index contributed by atoms with van der Waals surface area (Å²) >= 11 is 0. The van der Waals surface area contributed by atoms with Crippen LogP contribution in [-0.4, -0.2) is 14.6 Å². The number of aromatic nitrogens is 3. The fraction of sp³-hybridized carbons (Fsp3) is 0. The lowest BCUT2D eigenvalue weighted by atomic mass is 10.4. The van der Waals surface area contributed by atoms with Gasteiger partial charge in [-0.15, -0.1) is 5.10 Å². The van der Waals surface area contributed by atoms with E-state index >= 15 is 0 Å². The van der Waals surface area contributed by atoms with Gasteiger partial charge < -0.3 is 0 Å². The van der Waals surface area contributed by atoms with Gasteiger partial charge in [-0.1, -0.05) is 6.07 Å². The second-order valence-corrected chi connectivity index (χ2v) is 2.34. The number of hydrogen-bond donors (Lipinski definition) is 0. The van der Waals surface area contributed by atoms with E-state index in [1.165, 1.54) is 4.52 Å². The van der Waals surface area contributed by atoms with Gasteiger partial charge in [-0.05, 0) is 12.1 Å². The number of pyridine rings is 1. The average molecular weight is 169 g/mol. The van der Waals surface area contributed by atoms with Crippen LogP contribution in [0.5, 0.6) is 0 Å². The van der Waals surface area contributed by atoms with Crippen LogP contribution in [-0.2, 0) is 0 Å². The largest absolute Gasteiger partial charge is 0.253 e. The third-order valence-corrected chi connectivity index (χ3v) is 1.57. The highest BCUT2D eigenvalue weighted by atomic mass is 15.3. The minimum atomic E-state index is 0.0719. The summed E-state index contributed by atoms with van der Waals surface area (Å²) in [5, 5.41) is 21.1. The fourth-order valence-corrected chi connectivity index (χ4v) is 1.04. The van der Waals surface area contributed by atoms with E-state index in [-0.39, 0.29) is 5.82 Å². The molecule has 0 aliphatic heterocycles. The lowest BCUT2D eigenvalue weighted by molar-refractivity contribution is 0.931. The Hall–Kier alpha value is -2.40. The zero-order valence-electron chi connectivity index (χ0n) is 6.47. The molecule has 0 amide bonds. The highest BCUT2D eigenvalue weighted by molar-refractivity contribution is 5.43. The SMILES string of the molecule is N#Cc1nc2cccc(C#N)n2n1. The summed E-state index contributed by atoms with van der Waals surface area (Å²) in [7, 11) is 0. The second-order valence-electron chi connectivity index (χ2n) is 2.34. The average Bonchev–Trinajstić information content (AvgIpc) is 2.59. The van der Waals surface area contributed by atoms with Gasteiger partial charge in [0.05, 0.1) is 0 Å². The number of nitriles is 2. The van der Waals surface area contributed by atoms with Gasteiger partial charge in [-0.25, -0.2) is 4.52 Å². The van der Waals surface area contributed by atoms with Crippen molar-refractivity contribution in [3.05, 3.63) is 29.7 Å². The maximum atomic E-state index is 8.70. The van der Waals surface area contributed by atoms with E-state index < -0.39 is 0 Å². The first-order valence-corrected chi connectivity index (χ1v) is 3.51. The van der Waals surface area contributed by atoms with Crippen LogP contribution in [0, 0.1) is 22.7 Å². The van der Waals surface area contributed by atoms with Crippen LogP contribution in [0.25, 0.3) is 5.65 Å². The summed E-state index contributed by atoms with van der Waals surface area (Å²) in [5.41, 5.74) is 0.877. The predicted molar refractivity (Wildman–Crippen MR) is 42.4 cm³/mol. The molecule has 0 radical (unpaired) electrons. The Balaban J connectivity index is 2.86. The molecule has 2 heterocycles. The quantitative estimate of drug-likeness (QED) is 0.574. The van der Waals surface area contributed by atoms with Crippen molar-refractivity contribution in [2.75, 3.05) is 0 Å². The normalized spacial score (nSPS) is 9.38. The molecular weight excluding hydrogens is 166 g/mol. The molecule has 0 atom stereocenters. The molecular formula is C8H3N5. The Morgan fingerprint density at radius 1 is 1.23 bits per heavy atom. The Morgan fingerprint density at radius 3 is 2.77 bits per heavy atom. The topological polar surface area (TPSA) is 77.8 Å². The first kappa shape index (κ1) is 7.26. The molecule has 5 nitrogen and oxygen atoms in total. The third-order valence-electron chi connectivity index (χ3n) is 1.57. The second kappa shape index (κ2) is 2.58. The molecule has 0 aliphatic rings. The maximum Gasteiger partial charge on any atom is 0.253 e. The van der Waals surface area contributed by atoms with Crippen LogP contribution < -0.4 is 0 Å². The van der Waals surface area contributed by atoms with Crippen LogP contribution in [0.4, 0.5) is 0 Å². The van der Waals surface area contributed by atoms with Gasteiger partial charge in [0.1, 0.15) is 17.8 Å². The Bertz CT molecular complexity index is 540. The van der Waals surface area contributed by atoms with E-state index in [0.717, 1.165) is 0 Å². The van der Waals surface area contributed by atoms with E-state index in [4.69, 9.17) is 10.5 Å². The molecule has 0 fully saturated rings. The summed E-state index contributed by atoms with van der Waals surface area (Å²) < 4.78 is 1.35. The smallest absolute Gasteiger partial charge is 0.202 e.